The van der Waals surface area contributed by atoms with Crippen LogP contribution in [0.1, 0.15) is 10.4 Å². The van der Waals surface area contributed by atoms with Gasteiger partial charge >= 0.3 is 0 Å². The monoisotopic (exact) mass is 244 g/mol. The van der Waals surface area contributed by atoms with E-state index in [2.05, 4.69) is 12.1 Å². The fraction of sp³-hybridized carbons (Fsp3) is 0.143. The molecule has 1 heterocycles. The molecule has 1 aliphatic heterocycles. The summed E-state index contributed by atoms with van der Waals surface area (Å²) >= 11 is 1.60. The van der Waals surface area contributed by atoms with Crippen LogP contribution in [0.2, 0.25) is 0 Å². The van der Waals surface area contributed by atoms with Gasteiger partial charge in [-0.25, -0.2) is 0 Å². The Labute approximate surface area is 103 Å². The molecule has 0 fully saturated rings. The molecule has 0 unspecified atom stereocenters. The Bertz CT molecular complexity index is 642. The van der Waals surface area contributed by atoms with Gasteiger partial charge in [-0.1, -0.05) is 24.3 Å². The highest BCUT2D eigenvalue weighted by Gasteiger charge is 2.12. The Morgan fingerprint density at radius 2 is 1.82 bits per heavy atom. The number of aliphatic hydroxyl groups excluding tert-OH is 2. The van der Waals surface area contributed by atoms with E-state index in [1.807, 2.05) is 24.3 Å². The third-order valence-corrected chi connectivity index (χ3v) is 4.12. The van der Waals surface area contributed by atoms with Gasteiger partial charge in [-0.05, 0) is 34.0 Å². The summed E-state index contributed by atoms with van der Waals surface area (Å²) in [5.41, 5.74) is 2.15. The summed E-state index contributed by atoms with van der Waals surface area (Å²) in [7, 11) is 0. The average Bonchev–Trinajstić information content (AvgIpc) is 2.75. The van der Waals surface area contributed by atoms with Crippen LogP contribution in [0.4, 0.5) is 0 Å². The second-order valence-corrected chi connectivity index (χ2v) is 5.19. The third-order valence-electron chi connectivity index (χ3n) is 3.03. The lowest BCUT2D eigenvalue weighted by Crippen LogP contribution is -1.82. The molecule has 0 radical (unpaired) electrons. The summed E-state index contributed by atoms with van der Waals surface area (Å²) in [5.74, 6) is 0. The van der Waals surface area contributed by atoms with Crippen molar-refractivity contribution in [1.82, 2.24) is 0 Å². The lowest BCUT2D eigenvalue weighted by Gasteiger charge is -2.01. The van der Waals surface area contributed by atoms with Gasteiger partial charge in [-0.15, -0.1) is 11.3 Å². The van der Waals surface area contributed by atoms with Gasteiger partial charge in [0.05, 0.1) is 13.2 Å². The minimum atomic E-state index is 0.0607. The molecule has 1 aliphatic carbocycles. The van der Waals surface area contributed by atoms with Crippen molar-refractivity contribution in [2.45, 2.75) is 13.2 Å². The van der Waals surface area contributed by atoms with Crippen LogP contribution in [0, 0.1) is 0 Å². The highest BCUT2D eigenvalue weighted by Crippen LogP contribution is 2.39. The van der Waals surface area contributed by atoms with Crippen molar-refractivity contribution in [3.8, 4) is 10.4 Å². The van der Waals surface area contributed by atoms with E-state index < -0.39 is 0 Å². The standard InChI is InChI=1S/C14H12O2S/c15-7-9-2-1-3-11-12-5-4-10(8-16)17-14(12)6-13(9)11/h1-6,15-16H,7-8H2. The Hall–Kier alpha value is -1.42. The first-order valence-corrected chi connectivity index (χ1v) is 6.30. The number of benzene rings is 1. The third kappa shape index (κ3) is 1.63. The first kappa shape index (κ1) is 10.7. The maximum Gasteiger partial charge on any atom is 0.0774 e. The second kappa shape index (κ2) is 4.11. The van der Waals surface area contributed by atoms with Crippen LogP contribution >= 0.6 is 11.3 Å². The van der Waals surface area contributed by atoms with Crippen molar-refractivity contribution in [2.75, 3.05) is 0 Å². The molecule has 0 saturated heterocycles. The van der Waals surface area contributed by atoms with Gasteiger partial charge in [-0.2, -0.15) is 0 Å². The summed E-state index contributed by atoms with van der Waals surface area (Å²) in [5, 5.41) is 20.7. The van der Waals surface area contributed by atoms with Gasteiger partial charge in [-0.3, -0.25) is 0 Å². The fourth-order valence-electron chi connectivity index (χ4n) is 2.19. The molecule has 1 aromatic carbocycles. The molecule has 0 amide bonds. The zero-order valence-corrected chi connectivity index (χ0v) is 10.00. The normalized spacial score (nSPS) is 11.4. The smallest absolute Gasteiger partial charge is 0.0774 e. The maximum absolute atomic E-state index is 9.32. The second-order valence-electron chi connectivity index (χ2n) is 4.02. The van der Waals surface area contributed by atoms with Crippen molar-refractivity contribution in [3.05, 3.63) is 46.8 Å². The van der Waals surface area contributed by atoms with E-state index in [0.717, 1.165) is 20.7 Å². The molecule has 3 rings (SSSR count). The van der Waals surface area contributed by atoms with Gasteiger partial charge < -0.3 is 10.2 Å². The quantitative estimate of drug-likeness (QED) is 0.727. The molecule has 2 N–H and O–H groups in total. The van der Waals surface area contributed by atoms with Crippen molar-refractivity contribution in [3.63, 3.8) is 0 Å². The largest absolute Gasteiger partial charge is 0.392 e. The average molecular weight is 244 g/mol. The minimum absolute atomic E-state index is 0.0607. The van der Waals surface area contributed by atoms with Crippen LogP contribution in [0.15, 0.2) is 36.4 Å². The first-order chi connectivity index (χ1) is 8.33. The SMILES string of the molecule is OCc1ccc2c3cccc(CO)c3cc-2s1. The highest BCUT2D eigenvalue weighted by atomic mass is 32.1. The van der Waals surface area contributed by atoms with Gasteiger partial charge in [0.2, 0.25) is 0 Å². The summed E-state index contributed by atoms with van der Waals surface area (Å²) in [6.07, 6.45) is 0. The Kier molecular flexibility index (Phi) is 2.59. The highest BCUT2D eigenvalue weighted by molar-refractivity contribution is 7.15. The summed E-state index contributed by atoms with van der Waals surface area (Å²) in [6, 6.07) is 12.1. The Morgan fingerprint density at radius 3 is 2.59 bits per heavy atom. The molecular formula is C14H12O2S. The molecule has 1 aromatic rings. The fourth-order valence-corrected chi connectivity index (χ4v) is 3.14. The Balaban J connectivity index is 2.36. The molecule has 17 heavy (non-hydrogen) atoms. The number of aliphatic hydroxyl groups is 2. The van der Waals surface area contributed by atoms with Crippen LogP contribution in [-0.4, -0.2) is 10.2 Å². The molecule has 3 heteroatoms. The van der Waals surface area contributed by atoms with Crippen LogP contribution in [-0.2, 0) is 13.2 Å². The molecule has 86 valence electrons. The van der Waals surface area contributed by atoms with E-state index in [1.54, 1.807) is 11.3 Å². The Morgan fingerprint density at radius 1 is 0.941 bits per heavy atom. The molecule has 0 saturated carbocycles. The molecule has 2 nitrogen and oxygen atoms in total. The number of rotatable bonds is 2. The van der Waals surface area contributed by atoms with Crippen LogP contribution in [0.5, 0.6) is 0 Å². The molecule has 0 atom stereocenters. The first-order valence-electron chi connectivity index (χ1n) is 5.48. The maximum atomic E-state index is 9.32. The van der Waals surface area contributed by atoms with Crippen LogP contribution < -0.4 is 0 Å². The topological polar surface area (TPSA) is 40.5 Å². The number of hydrogen-bond donors (Lipinski definition) is 2. The van der Waals surface area contributed by atoms with Gasteiger partial charge in [0.15, 0.2) is 0 Å². The van der Waals surface area contributed by atoms with E-state index in [-0.39, 0.29) is 13.2 Å². The van der Waals surface area contributed by atoms with E-state index >= 15 is 0 Å². The van der Waals surface area contributed by atoms with E-state index in [0.29, 0.717) is 0 Å². The molecular weight excluding hydrogens is 232 g/mol. The predicted octanol–water partition coefficient (Wildman–Crippen LogP) is 2.99. The van der Waals surface area contributed by atoms with Crippen LogP contribution in [0.3, 0.4) is 0 Å². The zero-order valence-electron chi connectivity index (χ0n) is 9.18. The number of hydrogen-bond acceptors (Lipinski definition) is 3. The summed E-state index contributed by atoms with van der Waals surface area (Å²) < 4.78 is 0. The minimum Gasteiger partial charge on any atom is -0.392 e. The van der Waals surface area contributed by atoms with Gasteiger partial charge in [0.1, 0.15) is 0 Å². The lowest BCUT2D eigenvalue weighted by molar-refractivity contribution is 0.283. The number of fused-ring (bicyclic) bond motifs is 3. The molecule has 2 aliphatic rings. The molecule has 0 bridgehead atoms. The van der Waals surface area contributed by atoms with Gasteiger partial charge in [0, 0.05) is 9.75 Å². The van der Waals surface area contributed by atoms with Gasteiger partial charge in [0.25, 0.3) is 0 Å². The van der Waals surface area contributed by atoms with E-state index in [9.17, 15) is 5.11 Å². The van der Waals surface area contributed by atoms with Crippen molar-refractivity contribution in [2.24, 2.45) is 0 Å². The summed E-state index contributed by atoms with van der Waals surface area (Å²) in [6.45, 7) is 0.139. The molecule has 0 spiro atoms. The van der Waals surface area contributed by atoms with Crippen molar-refractivity contribution >= 4 is 22.1 Å². The van der Waals surface area contributed by atoms with Crippen LogP contribution in [0.25, 0.3) is 21.2 Å². The molecule has 0 aromatic heterocycles. The van der Waals surface area contributed by atoms with E-state index in [1.165, 1.54) is 10.9 Å². The predicted molar refractivity (Wildman–Crippen MR) is 70.3 cm³/mol. The lowest BCUT2D eigenvalue weighted by atomic mass is 10.1. The zero-order chi connectivity index (χ0) is 11.8. The van der Waals surface area contributed by atoms with E-state index in [4.69, 9.17) is 5.11 Å². The van der Waals surface area contributed by atoms with Crippen molar-refractivity contribution < 1.29 is 10.2 Å². The summed E-state index contributed by atoms with van der Waals surface area (Å²) in [4.78, 5) is 2.12. The van der Waals surface area contributed by atoms with Crippen molar-refractivity contribution in [1.29, 1.82) is 0 Å².